The molecule has 1 aromatic heterocycles. The normalized spacial score (nSPS) is 14.1. The second-order valence-corrected chi connectivity index (χ2v) is 8.30. The summed E-state index contributed by atoms with van der Waals surface area (Å²) in [6, 6.07) is 14.0. The maximum atomic E-state index is 13.4. The highest BCUT2D eigenvalue weighted by molar-refractivity contribution is 6.01. The average molecular weight is 404 g/mol. The number of anilines is 1. The van der Waals surface area contributed by atoms with Crippen LogP contribution in [0.1, 0.15) is 36.0 Å². The number of hydrogen-bond acceptors (Lipinski definition) is 2. The number of nitrogens with one attached hydrogen (secondary N) is 1. The maximum Gasteiger partial charge on any atom is 0.242 e. The summed E-state index contributed by atoms with van der Waals surface area (Å²) in [7, 11) is 0. The van der Waals surface area contributed by atoms with Crippen molar-refractivity contribution in [3.8, 4) is 0 Å². The van der Waals surface area contributed by atoms with Gasteiger partial charge in [0, 0.05) is 35.9 Å². The predicted molar refractivity (Wildman–Crippen MR) is 121 cm³/mol. The van der Waals surface area contributed by atoms with Crippen molar-refractivity contribution in [2.75, 3.05) is 24.5 Å². The molecule has 1 aliphatic heterocycles. The van der Waals surface area contributed by atoms with Gasteiger partial charge in [0.15, 0.2) is 0 Å². The lowest BCUT2D eigenvalue weighted by molar-refractivity contribution is -0.132. The summed E-state index contributed by atoms with van der Waals surface area (Å²) in [5, 5.41) is 1.06. The smallest absolute Gasteiger partial charge is 0.242 e. The minimum absolute atomic E-state index is 0.0261. The van der Waals surface area contributed by atoms with Crippen molar-refractivity contribution in [2.45, 2.75) is 39.5 Å². The van der Waals surface area contributed by atoms with Crippen molar-refractivity contribution in [1.82, 2.24) is 9.88 Å². The van der Waals surface area contributed by atoms with Gasteiger partial charge in [-0.25, -0.2) is 0 Å². The quantitative estimate of drug-likeness (QED) is 0.688. The summed E-state index contributed by atoms with van der Waals surface area (Å²) in [6.45, 7) is 5.73. The van der Waals surface area contributed by atoms with Gasteiger partial charge < -0.3 is 14.8 Å². The van der Waals surface area contributed by atoms with E-state index < -0.39 is 0 Å². The van der Waals surface area contributed by atoms with E-state index in [0.29, 0.717) is 0 Å². The Morgan fingerprint density at radius 1 is 0.967 bits per heavy atom. The van der Waals surface area contributed by atoms with Crippen LogP contribution in [0.4, 0.5) is 5.69 Å². The second kappa shape index (κ2) is 8.74. The number of amides is 2. The fourth-order valence-corrected chi connectivity index (χ4v) is 4.13. The van der Waals surface area contributed by atoms with Gasteiger partial charge in [-0.05, 0) is 62.4 Å². The Morgan fingerprint density at radius 2 is 1.67 bits per heavy atom. The zero-order valence-electron chi connectivity index (χ0n) is 17.8. The van der Waals surface area contributed by atoms with Gasteiger partial charge in [-0.3, -0.25) is 9.59 Å². The van der Waals surface area contributed by atoms with E-state index in [4.69, 9.17) is 0 Å². The number of likely N-dealkylation sites (tertiary alicyclic amines) is 1. The van der Waals surface area contributed by atoms with E-state index in [1.165, 1.54) is 12.0 Å². The number of fused-ring (bicyclic) bond motifs is 1. The van der Waals surface area contributed by atoms with E-state index in [9.17, 15) is 9.59 Å². The Hall–Kier alpha value is -3.08. The molecule has 1 N–H and O–H groups in total. The van der Waals surface area contributed by atoms with Crippen LogP contribution in [-0.2, 0) is 16.0 Å². The third kappa shape index (κ3) is 4.40. The van der Waals surface area contributed by atoms with Crippen LogP contribution in [0.3, 0.4) is 0 Å². The molecule has 0 bridgehead atoms. The van der Waals surface area contributed by atoms with Gasteiger partial charge in [0.2, 0.25) is 11.8 Å². The van der Waals surface area contributed by atoms with Crippen LogP contribution < -0.4 is 4.90 Å². The topological polar surface area (TPSA) is 56.4 Å². The van der Waals surface area contributed by atoms with Crippen LogP contribution in [-0.4, -0.2) is 41.3 Å². The van der Waals surface area contributed by atoms with Crippen LogP contribution in [0.15, 0.2) is 48.7 Å². The molecule has 0 atom stereocenters. The molecule has 0 radical (unpaired) electrons. The van der Waals surface area contributed by atoms with Gasteiger partial charge in [-0.1, -0.05) is 29.8 Å². The molecule has 0 saturated carbocycles. The van der Waals surface area contributed by atoms with Gasteiger partial charge in [0.25, 0.3) is 0 Å². The molecule has 0 unspecified atom stereocenters. The summed E-state index contributed by atoms with van der Waals surface area (Å²) in [4.78, 5) is 33.1. The highest BCUT2D eigenvalue weighted by Gasteiger charge is 2.24. The van der Waals surface area contributed by atoms with Crippen molar-refractivity contribution in [2.24, 2.45) is 0 Å². The molecule has 5 nitrogen and oxygen atoms in total. The van der Waals surface area contributed by atoms with Crippen LogP contribution in [0.25, 0.3) is 10.9 Å². The molecular weight excluding hydrogens is 374 g/mol. The molecular formula is C25H29N3O2. The first-order valence-electron chi connectivity index (χ1n) is 10.7. The molecule has 30 heavy (non-hydrogen) atoms. The van der Waals surface area contributed by atoms with Crippen molar-refractivity contribution < 1.29 is 9.59 Å². The zero-order valence-corrected chi connectivity index (χ0v) is 17.8. The summed E-state index contributed by atoms with van der Waals surface area (Å²) in [6.07, 6.45) is 5.41. The number of piperidine rings is 1. The lowest BCUT2D eigenvalue weighted by atomic mass is 10.1. The third-order valence-corrected chi connectivity index (χ3v) is 5.91. The van der Waals surface area contributed by atoms with Crippen molar-refractivity contribution >= 4 is 28.4 Å². The standard InChI is InChI=1S/C25H29N3O2/c1-18-6-9-21(10-7-18)28(17-25(30)27-12-4-3-5-13-27)24(29)15-20-16-26-23-14-19(2)8-11-22(20)23/h6-11,14,16,26H,3-5,12-13,15,17H2,1-2H3. The van der Waals surface area contributed by atoms with E-state index in [1.807, 2.05) is 42.3 Å². The van der Waals surface area contributed by atoms with Gasteiger partial charge in [0.05, 0.1) is 6.42 Å². The van der Waals surface area contributed by atoms with Crippen LogP contribution in [0.2, 0.25) is 0 Å². The molecule has 156 valence electrons. The Morgan fingerprint density at radius 3 is 2.40 bits per heavy atom. The lowest BCUT2D eigenvalue weighted by Crippen LogP contribution is -2.45. The van der Waals surface area contributed by atoms with Gasteiger partial charge >= 0.3 is 0 Å². The van der Waals surface area contributed by atoms with E-state index in [1.54, 1.807) is 4.90 Å². The molecule has 1 aliphatic rings. The number of aryl methyl sites for hydroxylation is 2. The summed E-state index contributed by atoms with van der Waals surface area (Å²) >= 11 is 0. The molecule has 2 aromatic carbocycles. The van der Waals surface area contributed by atoms with Gasteiger partial charge in [0.1, 0.15) is 6.54 Å². The number of H-pyrrole nitrogens is 1. The molecule has 0 spiro atoms. The van der Waals surface area contributed by atoms with Gasteiger partial charge in [-0.2, -0.15) is 0 Å². The Labute approximate surface area is 177 Å². The van der Waals surface area contributed by atoms with Gasteiger partial charge in [-0.15, -0.1) is 0 Å². The fraction of sp³-hybridized carbons (Fsp3) is 0.360. The Balaban J connectivity index is 1.58. The molecule has 2 amide bonds. The second-order valence-electron chi connectivity index (χ2n) is 8.30. The number of aromatic amines is 1. The largest absolute Gasteiger partial charge is 0.361 e. The minimum Gasteiger partial charge on any atom is -0.361 e. The molecule has 4 rings (SSSR count). The SMILES string of the molecule is Cc1ccc(N(CC(=O)N2CCCCC2)C(=O)Cc2c[nH]c3cc(C)ccc23)cc1. The first kappa shape index (κ1) is 20.2. The number of carbonyl (C=O) groups excluding carboxylic acids is 2. The van der Waals surface area contributed by atoms with Crippen molar-refractivity contribution in [3.63, 3.8) is 0 Å². The monoisotopic (exact) mass is 403 g/mol. The number of hydrogen-bond donors (Lipinski definition) is 1. The number of rotatable bonds is 5. The first-order valence-corrected chi connectivity index (χ1v) is 10.7. The molecule has 0 aliphatic carbocycles. The lowest BCUT2D eigenvalue weighted by Gasteiger charge is -2.30. The zero-order chi connectivity index (χ0) is 21.1. The molecule has 2 heterocycles. The summed E-state index contributed by atoms with van der Waals surface area (Å²) in [5.41, 5.74) is 5.06. The number of benzene rings is 2. The average Bonchev–Trinajstić information content (AvgIpc) is 3.14. The number of nitrogens with zero attached hydrogens (tertiary/aromatic N) is 2. The Kier molecular flexibility index (Phi) is 5.88. The number of aromatic nitrogens is 1. The van der Waals surface area contributed by atoms with Crippen molar-refractivity contribution in [3.05, 3.63) is 65.4 Å². The van der Waals surface area contributed by atoms with Crippen molar-refractivity contribution in [1.29, 1.82) is 0 Å². The van der Waals surface area contributed by atoms with Crippen LogP contribution in [0, 0.1) is 13.8 Å². The van der Waals surface area contributed by atoms with Crippen LogP contribution >= 0.6 is 0 Å². The predicted octanol–water partition coefficient (Wildman–Crippen LogP) is 4.37. The van der Waals surface area contributed by atoms with E-state index >= 15 is 0 Å². The van der Waals surface area contributed by atoms with E-state index in [-0.39, 0.29) is 24.8 Å². The molecule has 1 saturated heterocycles. The fourth-order valence-electron chi connectivity index (χ4n) is 4.13. The molecule has 5 heteroatoms. The third-order valence-electron chi connectivity index (χ3n) is 5.91. The maximum absolute atomic E-state index is 13.4. The highest BCUT2D eigenvalue weighted by Crippen LogP contribution is 2.23. The molecule has 1 fully saturated rings. The first-order chi connectivity index (χ1) is 14.5. The summed E-state index contributed by atoms with van der Waals surface area (Å²) < 4.78 is 0. The van der Waals surface area contributed by atoms with E-state index in [2.05, 4.69) is 30.1 Å². The summed E-state index contributed by atoms with van der Waals surface area (Å²) in [5.74, 6) is -0.0381. The van der Waals surface area contributed by atoms with E-state index in [0.717, 1.165) is 53.6 Å². The molecule has 3 aromatic rings. The Bertz CT molecular complexity index is 1050. The minimum atomic E-state index is -0.0642. The highest BCUT2D eigenvalue weighted by atomic mass is 16.2. The number of carbonyl (C=O) groups is 2. The van der Waals surface area contributed by atoms with Crippen LogP contribution in [0.5, 0.6) is 0 Å².